The Morgan fingerprint density at radius 1 is 1.26 bits per heavy atom. The number of hydrogen-bond acceptors (Lipinski definition) is 4. The monoisotopic (exact) mass is 316 g/mol. The van der Waals surface area contributed by atoms with Crippen LogP contribution < -0.4 is 16.2 Å². The normalized spacial score (nSPS) is 22.7. The van der Waals surface area contributed by atoms with Crippen LogP contribution in [0, 0.1) is 5.82 Å². The second-order valence-electron chi connectivity index (χ2n) is 5.99. The summed E-state index contributed by atoms with van der Waals surface area (Å²) in [6.45, 7) is 3.82. The molecule has 0 aliphatic carbocycles. The second kappa shape index (κ2) is 7.02. The molecule has 2 heterocycles. The Labute approximate surface area is 134 Å². The van der Waals surface area contributed by atoms with Crippen LogP contribution in [0.25, 0.3) is 0 Å². The highest BCUT2D eigenvalue weighted by Crippen LogP contribution is 2.27. The van der Waals surface area contributed by atoms with Crippen LogP contribution in [0.15, 0.2) is 41.2 Å². The van der Waals surface area contributed by atoms with Crippen LogP contribution in [0.5, 0.6) is 0 Å². The third-order valence-electron chi connectivity index (χ3n) is 4.39. The summed E-state index contributed by atoms with van der Waals surface area (Å²) in [6, 6.07) is 10.2. The Balaban J connectivity index is 1.74. The molecule has 0 amide bonds. The van der Waals surface area contributed by atoms with E-state index in [4.69, 9.17) is 0 Å². The van der Waals surface area contributed by atoms with E-state index >= 15 is 0 Å². The molecule has 2 aromatic rings. The standard InChI is InChI=1S/C17H21FN4O/c1-11(15-6-7-17(23)22-21-15)20-16-10-19-9-8-14(16)12-2-4-13(18)5-3-12/h2-7,11,14,16,19-20H,8-10H2,1H3,(H,22,23)/t11?,14-,16-/m1/s1. The number of aromatic nitrogens is 2. The predicted molar refractivity (Wildman–Crippen MR) is 86.8 cm³/mol. The van der Waals surface area contributed by atoms with E-state index in [1.54, 1.807) is 6.07 Å². The quantitative estimate of drug-likeness (QED) is 0.803. The Morgan fingerprint density at radius 3 is 2.74 bits per heavy atom. The highest BCUT2D eigenvalue weighted by Gasteiger charge is 2.27. The molecule has 5 nitrogen and oxygen atoms in total. The topological polar surface area (TPSA) is 69.8 Å². The first-order valence-electron chi connectivity index (χ1n) is 7.91. The van der Waals surface area contributed by atoms with E-state index in [-0.39, 0.29) is 23.5 Å². The molecule has 23 heavy (non-hydrogen) atoms. The Kier molecular flexibility index (Phi) is 4.83. The van der Waals surface area contributed by atoms with E-state index < -0.39 is 0 Å². The van der Waals surface area contributed by atoms with Crippen molar-refractivity contribution < 1.29 is 4.39 Å². The van der Waals surface area contributed by atoms with Gasteiger partial charge in [0.1, 0.15) is 5.82 Å². The van der Waals surface area contributed by atoms with Gasteiger partial charge in [-0.1, -0.05) is 12.1 Å². The lowest BCUT2D eigenvalue weighted by Crippen LogP contribution is -2.48. The number of hydrogen-bond donors (Lipinski definition) is 3. The summed E-state index contributed by atoms with van der Waals surface area (Å²) in [4.78, 5) is 11.1. The molecule has 1 saturated heterocycles. The summed E-state index contributed by atoms with van der Waals surface area (Å²) in [5, 5.41) is 13.5. The zero-order valence-corrected chi connectivity index (χ0v) is 13.1. The number of rotatable bonds is 4. The maximum absolute atomic E-state index is 13.1. The van der Waals surface area contributed by atoms with Gasteiger partial charge in [-0.15, -0.1) is 0 Å². The zero-order valence-electron chi connectivity index (χ0n) is 13.1. The van der Waals surface area contributed by atoms with Crippen molar-refractivity contribution in [2.45, 2.75) is 31.3 Å². The van der Waals surface area contributed by atoms with Gasteiger partial charge in [-0.05, 0) is 43.7 Å². The SMILES string of the molecule is CC(N[C@@H]1CNCC[C@@H]1c1ccc(F)cc1)c1ccc(=O)[nH]n1. The number of nitrogens with one attached hydrogen (secondary N) is 3. The summed E-state index contributed by atoms with van der Waals surface area (Å²) in [6.07, 6.45) is 0.995. The van der Waals surface area contributed by atoms with E-state index in [1.807, 2.05) is 19.1 Å². The maximum atomic E-state index is 13.1. The summed E-state index contributed by atoms with van der Waals surface area (Å²) in [5.74, 6) is 0.111. The van der Waals surface area contributed by atoms with Crippen LogP contribution in [0.4, 0.5) is 4.39 Å². The first-order valence-corrected chi connectivity index (χ1v) is 7.91. The average Bonchev–Trinajstić information content (AvgIpc) is 2.57. The lowest BCUT2D eigenvalue weighted by atomic mass is 9.85. The fourth-order valence-corrected chi connectivity index (χ4v) is 3.15. The van der Waals surface area contributed by atoms with Crippen LogP contribution in [-0.2, 0) is 0 Å². The molecular weight excluding hydrogens is 295 g/mol. The molecule has 0 bridgehead atoms. The first kappa shape index (κ1) is 15.8. The van der Waals surface area contributed by atoms with Crippen molar-refractivity contribution >= 4 is 0 Å². The minimum atomic E-state index is -0.210. The Morgan fingerprint density at radius 2 is 2.04 bits per heavy atom. The van der Waals surface area contributed by atoms with E-state index in [0.717, 1.165) is 30.8 Å². The van der Waals surface area contributed by atoms with Gasteiger partial charge in [-0.25, -0.2) is 9.49 Å². The first-order chi connectivity index (χ1) is 11.1. The summed E-state index contributed by atoms with van der Waals surface area (Å²) in [7, 11) is 0. The smallest absolute Gasteiger partial charge is 0.264 e. The van der Waals surface area contributed by atoms with E-state index in [0.29, 0.717) is 5.92 Å². The summed E-state index contributed by atoms with van der Waals surface area (Å²) < 4.78 is 13.1. The van der Waals surface area contributed by atoms with Crippen molar-refractivity contribution in [2.24, 2.45) is 0 Å². The largest absolute Gasteiger partial charge is 0.315 e. The third kappa shape index (κ3) is 3.83. The van der Waals surface area contributed by atoms with Crippen molar-refractivity contribution in [3.05, 3.63) is 63.8 Å². The van der Waals surface area contributed by atoms with Crippen LogP contribution in [-0.4, -0.2) is 29.3 Å². The molecular formula is C17H21FN4O. The lowest BCUT2D eigenvalue weighted by Gasteiger charge is -2.35. The predicted octanol–water partition coefficient (Wildman–Crippen LogP) is 1.71. The molecule has 0 radical (unpaired) electrons. The van der Waals surface area contributed by atoms with Crippen LogP contribution in [0.3, 0.4) is 0 Å². The molecule has 6 heteroatoms. The number of H-pyrrole nitrogens is 1. The van der Waals surface area contributed by atoms with E-state index in [1.165, 1.54) is 18.2 Å². The van der Waals surface area contributed by atoms with Crippen LogP contribution in [0.1, 0.15) is 36.6 Å². The van der Waals surface area contributed by atoms with Gasteiger partial charge in [0.05, 0.1) is 5.69 Å². The van der Waals surface area contributed by atoms with Crippen molar-refractivity contribution in [2.75, 3.05) is 13.1 Å². The molecule has 1 aromatic carbocycles. The number of piperidine rings is 1. The van der Waals surface area contributed by atoms with Crippen LogP contribution >= 0.6 is 0 Å². The molecule has 122 valence electrons. The van der Waals surface area contributed by atoms with Crippen LogP contribution in [0.2, 0.25) is 0 Å². The van der Waals surface area contributed by atoms with E-state index in [2.05, 4.69) is 20.8 Å². The fraction of sp³-hybridized carbons (Fsp3) is 0.412. The Hall–Kier alpha value is -2.05. The van der Waals surface area contributed by atoms with Crippen molar-refractivity contribution in [1.29, 1.82) is 0 Å². The van der Waals surface area contributed by atoms with Gasteiger partial charge in [-0.2, -0.15) is 5.10 Å². The summed E-state index contributed by atoms with van der Waals surface area (Å²) in [5.41, 5.74) is 1.74. The molecule has 0 spiro atoms. The van der Waals surface area contributed by atoms with Gasteiger partial charge in [0.25, 0.3) is 5.56 Å². The van der Waals surface area contributed by atoms with Gasteiger partial charge in [-0.3, -0.25) is 4.79 Å². The summed E-state index contributed by atoms with van der Waals surface area (Å²) >= 11 is 0. The maximum Gasteiger partial charge on any atom is 0.264 e. The van der Waals surface area contributed by atoms with Crippen molar-refractivity contribution in [1.82, 2.24) is 20.8 Å². The molecule has 3 N–H and O–H groups in total. The van der Waals surface area contributed by atoms with Gasteiger partial charge < -0.3 is 10.6 Å². The number of halogens is 1. The number of aromatic amines is 1. The highest BCUT2D eigenvalue weighted by atomic mass is 19.1. The fourth-order valence-electron chi connectivity index (χ4n) is 3.15. The molecule has 1 aliphatic rings. The third-order valence-corrected chi connectivity index (χ3v) is 4.39. The molecule has 1 fully saturated rings. The van der Waals surface area contributed by atoms with Gasteiger partial charge >= 0.3 is 0 Å². The van der Waals surface area contributed by atoms with Gasteiger partial charge in [0.2, 0.25) is 0 Å². The second-order valence-corrected chi connectivity index (χ2v) is 5.99. The highest BCUT2D eigenvalue weighted by molar-refractivity contribution is 5.23. The van der Waals surface area contributed by atoms with Gasteiger partial charge in [0.15, 0.2) is 0 Å². The molecule has 3 rings (SSSR count). The van der Waals surface area contributed by atoms with Crippen molar-refractivity contribution in [3.63, 3.8) is 0 Å². The zero-order chi connectivity index (χ0) is 16.2. The minimum Gasteiger partial charge on any atom is -0.315 e. The number of nitrogens with zero attached hydrogens (tertiary/aromatic N) is 1. The molecule has 1 unspecified atom stereocenters. The molecule has 1 aliphatic heterocycles. The average molecular weight is 316 g/mol. The van der Waals surface area contributed by atoms with E-state index in [9.17, 15) is 9.18 Å². The lowest BCUT2D eigenvalue weighted by molar-refractivity contribution is 0.318. The molecule has 0 saturated carbocycles. The van der Waals surface area contributed by atoms with Gasteiger partial charge in [0, 0.05) is 30.6 Å². The minimum absolute atomic E-state index is 0.0136. The molecule has 1 aromatic heterocycles. The Bertz CT molecular complexity index is 680. The van der Waals surface area contributed by atoms with Crippen molar-refractivity contribution in [3.8, 4) is 0 Å². The molecule has 3 atom stereocenters. The number of benzene rings is 1.